The van der Waals surface area contributed by atoms with E-state index >= 15 is 0 Å². The third kappa shape index (κ3) is 5.45. The van der Waals surface area contributed by atoms with Crippen LogP contribution in [0.3, 0.4) is 0 Å². The van der Waals surface area contributed by atoms with Gasteiger partial charge in [-0.3, -0.25) is 14.8 Å². The van der Waals surface area contributed by atoms with E-state index in [2.05, 4.69) is 33.5 Å². The number of carbonyl (C=O) groups is 1. The van der Waals surface area contributed by atoms with Crippen LogP contribution >= 0.6 is 11.3 Å². The summed E-state index contributed by atoms with van der Waals surface area (Å²) in [5.41, 5.74) is 5.31. The molecule has 7 nitrogen and oxygen atoms in total. The number of ketones is 1. The minimum Gasteiger partial charge on any atom is -0.488 e. The Kier molecular flexibility index (Phi) is 6.92. The quantitative estimate of drug-likeness (QED) is 0.349. The summed E-state index contributed by atoms with van der Waals surface area (Å²) in [6.45, 7) is 0.651. The smallest absolute Gasteiger partial charge is 0.183 e. The molecule has 2 aromatic heterocycles. The summed E-state index contributed by atoms with van der Waals surface area (Å²) in [6, 6.07) is 20.0. The molecule has 176 valence electrons. The molecule has 0 unspecified atom stereocenters. The first-order valence-corrected chi connectivity index (χ1v) is 12.2. The van der Waals surface area contributed by atoms with Gasteiger partial charge in [0, 0.05) is 23.7 Å². The van der Waals surface area contributed by atoms with Crippen LogP contribution in [0, 0.1) is 0 Å². The van der Waals surface area contributed by atoms with Crippen molar-refractivity contribution in [3.63, 3.8) is 0 Å². The molecule has 8 heteroatoms. The van der Waals surface area contributed by atoms with E-state index in [0.29, 0.717) is 40.0 Å². The lowest BCUT2D eigenvalue weighted by atomic mass is 9.99. The van der Waals surface area contributed by atoms with Crippen molar-refractivity contribution in [2.45, 2.75) is 12.8 Å². The van der Waals surface area contributed by atoms with Crippen LogP contribution in [-0.2, 0) is 6.42 Å². The van der Waals surface area contributed by atoms with Gasteiger partial charge in [0.15, 0.2) is 10.9 Å². The first-order valence-electron chi connectivity index (χ1n) is 11.3. The molecule has 0 saturated heterocycles. The van der Waals surface area contributed by atoms with Crippen molar-refractivity contribution in [3.8, 4) is 17.1 Å². The number of aliphatic imine (C=N–C) groups is 1. The summed E-state index contributed by atoms with van der Waals surface area (Å²) < 4.78 is 6.03. The Morgan fingerprint density at radius 2 is 1.91 bits per heavy atom. The third-order valence-corrected chi connectivity index (χ3v) is 6.35. The molecule has 0 aliphatic carbocycles. The molecule has 0 radical (unpaired) electrons. The van der Waals surface area contributed by atoms with Crippen LogP contribution in [0.15, 0.2) is 77.2 Å². The Balaban J connectivity index is 1.34. The van der Waals surface area contributed by atoms with E-state index in [-0.39, 0.29) is 25.4 Å². The molecule has 0 saturated carbocycles. The Morgan fingerprint density at radius 3 is 2.77 bits per heavy atom. The molecule has 0 fully saturated rings. The highest BCUT2D eigenvalue weighted by Gasteiger charge is 2.25. The van der Waals surface area contributed by atoms with E-state index in [1.165, 1.54) is 16.9 Å². The van der Waals surface area contributed by atoms with Crippen molar-refractivity contribution in [3.05, 3.63) is 88.9 Å². The molecule has 5 rings (SSSR count). The van der Waals surface area contributed by atoms with E-state index in [0.717, 1.165) is 17.7 Å². The van der Waals surface area contributed by atoms with Crippen LogP contribution in [0.25, 0.3) is 11.4 Å². The Hall–Kier alpha value is -3.88. The predicted octanol–water partition coefficient (Wildman–Crippen LogP) is 4.94. The number of rotatable bonds is 9. The highest BCUT2D eigenvalue weighted by Crippen LogP contribution is 2.36. The number of aliphatic hydroxyl groups excluding tert-OH is 1. The number of carbonyl (C=O) groups excluding carboxylic acids is 1. The predicted molar refractivity (Wildman–Crippen MR) is 138 cm³/mol. The normalized spacial score (nSPS) is 12.7. The van der Waals surface area contributed by atoms with Gasteiger partial charge in [-0.1, -0.05) is 42.5 Å². The zero-order chi connectivity index (χ0) is 24.0. The number of fused-ring (bicyclic) bond motifs is 1. The van der Waals surface area contributed by atoms with Crippen LogP contribution in [0.5, 0.6) is 5.75 Å². The lowest BCUT2D eigenvalue weighted by Gasteiger charge is -2.17. The van der Waals surface area contributed by atoms with Crippen LogP contribution in [-0.4, -0.2) is 46.3 Å². The van der Waals surface area contributed by atoms with Crippen molar-refractivity contribution in [2.24, 2.45) is 4.99 Å². The summed E-state index contributed by atoms with van der Waals surface area (Å²) in [5, 5.41) is 14.6. The fraction of sp³-hybridized carbons (Fsp3) is 0.185. The molecule has 1 aliphatic heterocycles. The van der Waals surface area contributed by atoms with Gasteiger partial charge < -0.3 is 15.2 Å². The minimum absolute atomic E-state index is 0.0102. The molecule has 0 spiro atoms. The number of Topliss-reactive ketones (excluding diaryl/α,β-unsaturated/α-hetero) is 1. The standard InChI is InChI=1S/C27H24N4O3S/c32-12-11-29-27-31-23(17-35-27)26-25-22(9-10-28-26)24(33)15-20(30-25)16-34-21-8-4-7-19(14-21)13-18-5-2-1-3-6-18/h1-10,14,17,32H,11-13,15-16H2,(H,29,31). The molecular formula is C27H24N4O3S. The summed E-state index contributed by atoms with van der Waals surface area (Å²) in [7, 11) is 0. The van der Waals surface area contributed by atoms with E-state index in [4.69, 9.17) is 14.8 Å². The number of hydrogen-bond acceptors (Lipinski definition) is 8. The number of anilines is 1. The first kappa shape index (κ1) is 22.9. The average Bonchev–Trinajstić information content (AvgIpc) is 3.36. The minimum atomic E-state index is -0.0102. The van der Waals surface area contributed by atoms with Gasteiger partial charge in [-0.2, -0.15) is 0 Å². The van der Waals surface area contributed by atoms with Crippen molar-refractivity contribution in [1.82, 2.24) is 9.97 Å². The molecule has 0 atom stereocenters. The summed E-state index contributed by atoms with van der Waals surface area (Å²) in [6.07, 6.45) is 2.64. The number of ether oxygens (including phenoxy) is 1. The monoisotopic (exact) mass is 484 g/mol. The van der Waals surface area contributed by atoms with E-state index < -0.39 is 0 Å². The van der Waals surface area contributed by atoms with Gasteiger partial charge >= 0.3 is 0 Å². The second kappa shape index (κ2) is 10.6. The number of aromatic nitrogens is 2. The highest BCUT2D eigenvalue weighted by molar-refractivity contribution is 7.14. The molecular weight excluding hydrogens is 460 g/mol. The molecule has 1 aliphatic rings. The Labute approximate surface area is 207 Å². The molecule has 2 aromatic carbocycles. The van der Waals surface area contributed by atoms with Gasteiger partial charge in [0.25, 0.3) is 0 Å². The summed E-state index contributed by atoms with van der Waals surface area (Å²) in [5.74, 6) is 0.730. The van der Waals surface area contributed by atoms with Gasteiger partial charge in [0.1, 0.15) is 29.4 Å². The van der Waals surface area contributed by atoms with Crippen molar-refractivity contribution >= 4 is 33.7 Å². The van der Waals surface area contributed by atoms with Crippen LogP contribution < -0.4 is 10.1 Å². The van der Waals surface area contributed by atoms with E-state index in [1.54, 1.807) is 12.3 Å². The maximum atomic E-state index is 12.9. The van der Waals surface area contributed by atoms with Gasteiger partial charge in [-0.25, -0.2) is 4.98 Å². The van der Waals surface area contributed by atoms with Gasteiger partial charge in [-0.15, -0.1) is 11.3 Å². The third-order valence-electron chi connectivity index (χ3n) is 5.55. The number of hydrogen-bond donors (Lipinski definition) is 2. The number of pyridine rings is 1. The lowest BCUT2D eigenvalue weighted by molar-refractivity contribution is 0.0998. The summed E-state index contributed by atoms with van der Waals surface area (Å²) >= 11 is 1.41. The molecule has 0 amide bonds. The Morgan fingerprint density at radius 1 is 1.06 bits per heavy atom. The van der Waals surface area contributed by atoms with Crippen molar-refractivity contribution in [1.29, 1.82) is 0 Å². The van der Waals surface area contributed by atoms with Crippen molar-refractivity contribution in [2.75, 3.05) is 25.1 Å². The number of benzene rings is 2. The second-order valence-corrected chi connectivity index (χ2v) is 8.98. The maximum absolute atomic E-state index is 12.9. The summed E-state index contributed by atoms with van der Waals surface area (Å²) in [4.78, 5) is 26.6. The van der Waals surface area contributed by atoms with E-state index in [1.807, 2.05) is 41.8 Å². The van der Waals surface area contributed by atoms with Gasteiger partial charge in [-0.05, 0) is 35.7 Å². The zero-order valence-electron chi connectivity index (χ0n) is 19.0. The number of nitrogens with one attached hydrogen (secondary N) is 1. The maximum Gasteiger partial charge on any atom is 0.183 e. The number of thiazole rings is 1. The largest absolute Gasteiger partial charge is 0.488 e. The fourth-order valence-electron chi connectivity index (χ4n) is 3.91. The van der Waals surface area contributed by atoms with Gasteiger partial charge in [0.2, 0.25) is 0 Å². The van der Waals surface area contributed by atoms with Crippen LogP contribution in [0.2, 0.25) is 0 Å². The molecule has 3 heterocycles. The molecule has 2 N–H and O–H groups in total. The fourth-order valence-corrected chi connectivity index (χ4v) is 4.64. The number of nitrogens with zero attached hydrogens (tertiary/aromatic N) is 3. The zero-order valence-corrected chi connectivity index (χ0v) is 19.8. The van der Waals surface area contributed by atoms with E-state index in [9.17, 15) is 4.79 Å². The van der Waals surface area contributed by atoms with Crippen molar-refractivity contribution < 1.29 is 14.6 Å². The number of aliphatic hydroxyl groups is 1. The average molecular weight is 485 g/mol. The van der Waals surface area contributed by atoms with Gasteiger partial charge in [0.05, 0.1) is 18.7 Å². The lowest BCUT2D eigenvalue weighted by Crippen LogP contribution is -2.20. The van der Waals surface area contributed by atoms with Crippen LogP contribution in [0.1, 0.15) is 27.9 Å². The molecule has 4 aromatic rings. The topological polar surface area (TPSA) is 96.7 Å². The second-order valence-electron chi connectivity index (χ2n) is 8.12. The molecule has 0 bridgehead atoms. The van der Waals surface area contributed by atoms with Crippen LogP contribution in [0.4, 0.5) is 10.8 Å². The Bertz CT molecular complexity index is 1370. The molecule has 35 heavy (non-hydrogen) atoms. The first-order chi connectivity index (χ1) is 17.2. The SMILES string of the molecule is O=C1CC(COc2cccc(Cc3ccccc3)c2)=Nc2c1ccnc2-c1csc(NCCO)n1. The highest BCUT2D eigenvalue weighted by atomic mass is 32.1.